The lowest BCUT2D eigenvalue weighted by molar-refractivity contribution is -0.123. The Hall–Kier alpha value is -0.660. The van der Waals surface area contributed by atoms with Gasteiger partial charge in [-0.3, -0.25) is 9.52 Å². The van der Waals surface area contributed by atoms with Gasteiger partial charge in [-0.25, -0.2) is 8.42 Å². The lowest BCUT2D eigenvalue weighted by Gasteiger charge is -2.04. The zero-order valence-electron chi connectivity index (χ0n) is 7.45. The molecule has 0 aliphatic rings. The Bertz CT molecular complexity index is 249. The number of hydrogen-bond acceptors (Lipinski definition) is 5. The zero-order chi connectivity index (χ0) is 10.3. The predicted octanol–water partition coefficient (Wildman–Crippen LogP) is -1.57. The normalized spacial score (nSPS) is 11.2. The Balaban J connectivity index is 3.75. The molecule has 0 bridgehead atoms. The van der Waals surface area contributed by atoms with E-state index < -0.39 is 15.9 Å². The first-order chi connectivity index (χ1) is 6.02. The third-order valence-electron chi connectivity index (χ3n) is 1.14. The number of amides is 1. The van der Waals surface area contributed by atoms with E-state index in [9.17, 15) is 13.2 Å². The molecule has 0 rings (SSSR count). The van der Waals surface area contributed by atoms with E-state index in [4.69, 9.17) is 10.5 Å². The fourth-order valence-electron chi connectivity index (χ4n) is 0.523. The molecule has 0 aromatic heterocycles. The molecule has 6 nitrogen and oxygen atoms in total. The largest absolute Gasteiger partial charge is 0.370 e. The van der Waals surface area contributed by atoms with Crippen molar-refractivity contribution >= 4 is 15.9 Å². The van der Waals surface area contributed by atoms with Crippen LogP contribution in [0.3, 0.4) is 0 Å². The van der Waals surface area contributed by atoms with Crippen molar-refractivity contribution in [1.82, 2.24) is 4.72 Å². The maximum Gasteiger partial charge on any atom is 0.259 e. The minimum atomic E-state index is -3.47. The van der Waals surface area contributed by atoms with Crippen molar-refractivity contribution < 1.29 is 17.9 Å². The molecule has 0 radical (unpaired) electrons. The molecule has 7 heteroatoms. The van der Waals surface area contributed by atoms with Crippen LogP contribution in [-0.2, 0) is 19.6 Å². The number of rotatable bonds is 6. The molecule has 0 atom stereocenters. The van der Waals surface area contributed by atoms with Crippen LogP contribution in [0.15, 0.2) is 0 Å². The van der Waals surface area contributed by atoms with E-state index in [2.05, 4.69) is 0 Å². The van der Waals surface area contributed by atoms with Crippen LogP contribution >= 0.6 is 0 Å². The van der Waals surface area contributed by atoms with Crippen molar-refractivity contribution in [2.24, 2.45) is 5.73 Å². The summed E-state index contributed by atoms with van der Waals surface area (Å²) in [6, 6.07) is 0. The fraction of sp³-hybridized carbons (Fsp3) is 0.833. The van der Waals surface area contributed by atoms with Crippen LogP contribution in [0, 0.1) is 0 Å². The highest BCUT2D eigenvalue weighted by Crippen LogP contribution is 1.83. The van der Waals surface area contributed by atoms with Gasteiger partial charge in [0.2, 0.25) is 10.0 Å². The number of nitrogens with two attached hydrogens (primary N) is 1. The van der Waals surface area contributed by atoms with Gasteiger partial charge in [-0.2, -0.15) is 0 Å². The first kappa shape index (κ1) is 12.3. The Morgan fingerprint density at radius 3 is 2.62 bits per heavy atom. The zero-order valence-corrected chi connectivity index (χ0v) is 8.26. The van der Waals surface area contributed by atoms with Crippen LogP contribution in [0.25, 0.3) is 0 Å². The topological polar surface area (TPSA) is 98.5 Å². The summed E-state index contributed by atoms with van der Waals surface area (Å²) in [4.78, 5) is 10.8. The maximum absolute atomic E-state index is 10.8. The molecule has 0 aliphatic carbocycles. The van der Waals surface area contributed by atoms with Gasteiger partial charge < -0.3 is 10.5 Å². The van der Waals surface area contributed by atoms with Gasteiger partial charge in [0, 0.05) is 6.54 Å². The molecule has 0 aromatic carbocycles. The summed E-state index contributed by atoms with van der Waals surface area (Å²) in [6.07, 6.45) is 0. The van der Waals surface area contributed by atoms with Gasteiger partial charge in [0.05, 0.1) is 12.4 Å². The molecular weight excluding hydrogens is 196 g/mol. The van der Waals surface area contributed by atoms with Crippen LogP contribution in [0.2, 0.25) is 0 Å². The van der Waals surface area contributed by atoms with Crippen molar-refractivity contribution in [3.63, 3.8) is 0 Å². The lowest BCUT2D eigenvalue weighted by atomic mass is 10.6. The summed E-state index contributed by atoms with van der Waals surface area (Å²) in [5.41, 5.74) is 5.09. The first-order valence-electron chi connectivity index (χ1n) is 3.83. The van der Waals surface area contributed by atoms with Crippen LogP contribution < -0.4 is 10.5 Å². The van der Waals surface area contributed by atoms with Gasteiger partial charge in [0.1, 0.15) is 6.61 Å². The second-order valence-corrected chi connectivity index (χ2v) is 4.28. The minimum absolute atomic E-state index is 0.129. The van der Waals surface area contributed by atoms with Gasteiger partial charge >= 0.3 is 0 Å². The molecule has 0 aromatic rings. The van der Waals surface area contributed by atoms with Gasteiger partial charge in [0.15, 0.2) is 0 Å². The van der Waals surface area contributed by atoms with Gasteiger partial charge in [-0.15, -0.1) is 0 Å². The molecule has 0 aliphatic heterocycles. The Morgan fingerprint density at radius 1 is 1.54 bits per heavy atom. The Labute approximate surface area is 77.5 Å². The van der Waals surface area contributed by atoms with Crippen LogP contribution in [0.4, 0.5) is 0 Å². The summed E-state index contributed by atoms with van der Waals surface area (Å²) in [5, 5.41) is 0. The molecule has 0 spiro atoms. The summed E-state index contributed by atoms with van der Waals surface area (Å²) < 4.78 is 28.2. The lowest BCUT2D eigenvalue weighted by Crippen LogP contribution is -2.34. The highest BCUT2D eigenvalue weighted by Gasteiger charge is 2.10. The second-order valence-electron chi connectivity index (χ2n) is 2.27. The average molecular weight is 210 g/mol. The van der Waals surface area contributed by atoms with Crippen LogP contribution in [-0.4, -0.2) is 39.8 Å². The molecule has 1 amide bonds. The van der Waals surface area contributed by atoms with E-state index >= 15 is 0 Å². The van der Waals surface area contributed by atoms with Crippen molar-refractivity contribution in [1.29, 1.82) is 0 Å². The van der Waals surface area contributed by atoms with Crippen molar-refractivity contribution in [3.8, 4) is 0 Å². The number of hydrogen-bond donors (Lipinski definition) is 2. The van der Waals surface area contributed by atoms with Gasteiger partial charge in [-0.1, -0.05) is 0 Å². The van der Waals surface area contributed by atoms with Crippen LogP contribution in [0.1, 0.15) is 6.92 Å². The molecule has 0 saturated carbocycles. The molecule has 0 fully saturated rings. The van der Waals surface area contributed by atoms with E-state index in [1.54, 1.807) is 0 Å². The highest BCUT2D eigenvalue weighted by molar-refractivity contribution is 7.90. The summed E-state index contributed by atoms with van der Waals surface area (Å²) in [5.74, 6) is -0.800. The fourth-order valence-corrected chi connectivity index (χ4v) is 1.07. The van der Waals surface area contributed by atoms with Crippen molar-refractivity contribution in [3.05, 3.63) is 0 Å². The van der Waals surface area contributed by atoms with Crippen molar-refractivity contribution in [2.45, 2.75) is 6.92 Å². The molecule has 0 saturated heterocycles. The quantitative estimate of drug-likeness (QED) is 0.516. The number of nitrogens with one attached hydrogen (secondary N) is 1. The number of carbonyl (C=O) groups excluding carboxylic acids is 1. The van der Waals surface area contributed by atoms with Crippen LogP contribution in [0.5, 0.6) is 0 Å². The number of sulfonamides is 1. The number of carbonyl (C=O) groups is 1. The Morgan fingerprint density at radius 2 is 2.15 bits per heavy atom. The molecular formula is C6H14N2O4S. The monoisotopic (exact) mass is 210 g/mol. The maximum atomic E-state index is 10.8. The summed E-state index contributed by atoms with van der Waals surface area (Å²) in [6.45, 7) is 1.69. The van der Waals surface area contributed by atoms with E-state index in [1.807, 2.05) is 4.72 Å². The molecule has 78 valence electrons. The van der Waals surface area contributed by atoms with E-state index in [0.29, 0.717) is 6.54 Å². The predicted molar refractivity (Wildman–Crippen MR) is 47.5 cm³/mol. The SMILES string of the molecule is CCS(=O)(=O)NC(=O)COCCN. The first-order valence-corrected chi connectivity index (χ1v) is 5.48. The second kappa shape index (κ2) is 5.90. The number of ether oxygens (including phenoxy) is 1. The molecule has 0 unspecified atom stereocenters. The van der Waals surface area contributed by atoms with Gasteiger partial charge in [0.25, 0.3) is 5.91 Å². The van der Waals surface area contributed by atoms with E-state index in [1.165, 1.54) is 6.92 Å². The smallest absolute Gasteiger partial charge is 0.259 e. The summed E-state index contributed by atoms with van der Waals surface area (Å²) >= 11 is 0. The molecule has 3 N–H and O–H groups in total. The van der Waals surface area contributed by atoms with Gasteiger partial charge in [-0.05, 0) is 6.92 Å². The Kier molecular flexibility index (Phi) is 5.60. The van der Waals surface area contributed by atoms with E-state index in [0.717, 1.165) is 0 Å². The minimum Gasteiger partial charge on any atom is -0.370 e. The standard InChI is InChI=1S/C6H14N2O4S/c1-2-13(10,11)8-6(9)5-12-4-3-7/h2-5,7H2,1H3,(H,8,9). The van der Waals surface area contributed by atoms with Crippen molar-refractivity contribution in [2.75, 3.05) is 25.5 Å². The molecule has 13 heavy (non-hydrogen) atoms. The summed E-state index contributed by atoms with van der Waals surface area (Å²) in [7, 11) is -3.47. The van der Waals surface area contributed by atoms with E-state index in [-0.39, 0.29) is 19.0 Å². The third kappa shape index (κ3) is 6.50. The third-order valence-corrected chi connectivity index (χ3v) is 2.44. The highest BCUT2D eigenvalue weighted by atomic mass is 32.2. The average Bonchev–Trinajstić information content (AvgIpc) is 2.04. The molecule has 0 heterocycles.